The maximum absolute atomic E-state index is 12.4. The lowest BCUT2D eigenvalue weighted by molar-refractivity contribution is -0.141. The Labute approximate surface area is 159 Å². The van der Waals surface area contributed by atoms with Gasteiger partial charge in [-0.1, -0.05) is 18.2 Å². The zero-order chi connectivity index (χ0) is 19.4. The number of carbonyl (C=O) groups is 4. The average molecular weight is 386 g/mol. The molecule has 0 aliphatic carbocycles. The van der Waals surface area contributed by atoms with Crippen LogP contribution < -0.4 is 5.32 Å². The summed E-state index contributed by atoms with van der Waals surface area (Å²) in [6.07, 6.45) is -0.0374. The van der Waals surface area contributed by atoms with Crippen molar-refractivity contribution in [3.8, 4) is 0 Å². The number of amides is 3. The Kier molecular flexibility index (Phi) is 5.66. The van der Waals surface area contributed by atoms with Gasteiger partial charge in [0.15, 0.2) is 0 Å². The van der Waals surface area contributed by atoms with Crippen molar-refractivity contribution in [1.82, 2.24) is 10.2 Å². The molecule has 3 rings (SSSR count). The first-order chi connectivity index (χ1) is 13.0. The van der Waals surface area contributed by atoms with E-state index >= 15 is 0 Å². The first kappa shape index (κ1) is 18.8. The summed E-state index contributed by atoms with van der Waals surface area (Å²) >= 11 is 1.42. The van der Waals surface area contributed by atoms with Gasteiger partial charge in [-0.25, -0.2) is 0 Å². The van der Waals surface area contributed by atoms with E-state index in [0.717, 1.165) is 9.78 Å². The molecule has 1 aliphatic rings. The third-order valence-electron chi connectivity index (χ3n) is 4.26. The molecule has 0 spiro atoms. The largest absolute Gasteiger partial charge is 0.469 e. The molecular weight excluding hydrogens is 368 g/mol. The Bertz CT molecular complexity index is 843. The smallest absolute Gasteiger partial charge is 0.307 e. The van der Waals surface area contributed by atoms with Gasteiger partial charge in [0, 0.05) is 17.8 Å². The van der Waals surface area contributed by atoms with Crippen molar-refractivity contribution in [3.63, 3.8) is 0 Å². The number of fused-ring (bicyclic) bond motifs is 1. The van der Waals surface area contributed by atoms with E-state index in [1.807, 2.05) is 17.5 Å². The Hall–Kier alpha value is -3.00. The molecule has 1 unspecified atom stereocenters. The molecule has 140 valence electrons. The molecule has 27 heavy (non-hydrogen) atoms. The van der Waals surface area contributed by atoms with Gasteiger partial charge in [0.2, 0.25) is 5.91 Å². The van der Waals surface area contributed by atoms with E-state index in [9.17, 15) is 19.2 Å². The Morgan fingerprint density at radius 3 is 2.33 bits per heavy atom. The van der Waals surface area contributed by atoms with Crippen molar-refractivity contribution < 1.29 is 23.9 Å². The van der Waals surface area contributed by atoms with E-state index in [-0.39, 0.29) is 25.3 Å². The average Bonchev–Trinajstić information content (AvgIpc) is 3.28. The lowest BCUT2D eigenvalue weighted by Gasteiger charge is -2.18. The van der Waals surface area contributed by atoms with Gasteiger partial charge in [-0.3, -0.25) is 24.1 Å². The predicted octanol–water partition coefficient (Wildman–Crippen LogP) is 2.15. The highest BCUT2D eigenvalue weighted by molar-refractivity contribution is 7.10. The number of ether oxygens (including phenoxy) is 1. The molecule has 2 aromatic rings. The molecule has 3 amide bonds. The number of nitrogens with one attached hydrogen (secondary N) is 1. The molecule has 1 atom stereocenters. The third-order valence-corrected chi connectivity index (χ3v) is 5.25. The fourth-order valence-electron chi connectivity index (χ4n) is 2.88. The van der Waals surface area contributed by atoms with Crippen LogP contribution in [-0.2, 0) is 14.3 Å². The summed E-state index contributed by atoms with van der Waals surface area (Å²) in [5.74, 6) is -1.58. The Morgan fingerprint density at radius 1 is 1.11 bits per heavy atom. The van der Waals surface area contributed by atoms with Gasteiger partial charge < -0.3 is 10.1 Å². The van der Waals surface area contributed by atoms with Crippen LogP contribution in [0, 0.1) is 0 Å². The Morgan fingerprint density at radius 2 is 1.78 bits per heavy atom. The molecule has 1 N–H and O–H groups in total. The quantitative estimate of drug-likeness (QED) is 0.581. The van der Waals surface area contributed by atoms with Gasteiger partial charge in [-0.2, -0.15) is 0 Å². The topological polar surface area (TPSA) is 92.8 Å². The number of hydrogen-bond acceptors (Lipinski definition) is 6. The Balaban J connectivity index is 1.61. The molecule has 7 nitrogen and oxygen atoms in total. The molecule has 0 bridgehead atoms. The number of nitrogens with zero attached hydrogens (tertiary/aromatic N) is 1. The minimum atomic E-state index is -0.507. The van der Waals surface area contributed by atoms with Crippen molar-refractivity contribution >= 4 is 35.0 Å². The molecule has 0 radical (unpaired) electrons. The van der Waals surface area contributed by atoms with Crippen LogP contribution in [0.2, 0.25) is 0 Å². The van der Waals surface area contributed by atoms with Crippen LogP contribution in [0.3, 0.4) is 0 Å². The highest BCUT2D eigenvalue weighted by Gasteiger charge is 2.35. The molecule has 1 aromatic carbocycles. The van der Waals surface area contributed by atoms with E-state index in [1.54, 1.807) is 24.3 Å². The van der Waals surface area contributed by atoms with E-state index in [1.165, 1.54) is 18.4 Å². The zero-order valence-corrected chi connectivity index (χ0v) is 15.5. The van der Waals surface area contributed by atoms with E-state index in [0.29, 0.717) is 11.1 Å². The first-order valence-electron chi connectivity index (χ1n) is 8.36. The van der Waals surface area contributed by atoms with Crippen LogP contribution in [0.4, 0.5) is 0 Å². The number of rotatable bonds is 7. The summed E-state index contributed by atoms with van der Waals surface area (Å²) in [7, 11) is 1.29. The molecule has 0 saturated heterocycles. The summed E-state index contributed by atoms with van der Waals surface area (Å²) in [6.45, 7) is -0.0203. The molecular formula is C19H18N2O5S. The van der Waals surface area contributed by atoms with Crippen molar-refractivity contribution in [1.29, 1.82) is 0 Å². The second-order valence-electron chi connectivity index (χ2n) is 5.97. The number of hydrogen-bond donors (Lipinski definition) is 1. The monoisotopic (exact) mass is 386 g/mol. The second-order valence-corrected chi connectivity index (χ2v) is 6.95. The third kappa shape index (κ3) is 4.06. The summed E-state index contributed by atoms with van der Waals surface area (Å²) in [5, 5.41) is 4.63. The maximum atomic E-state index is 12.4. The minimum Gasteiger partial charge on any atom is -0.469 e. The van der Waals surface area contributed by atoms with Gasteiger partial charge in [-0.05, 0) is 23.6 Å². The molecule has 2 heterocycles. The van der Waals surface area contributed by atoms with Crippen LogP contribution in [0.5, 0.6) is 0 Å². The standard InChI is InChI=1S/C19H18N2O5S/c1-26-17(23)11-14(15-7-4-10-27-15)20-16(22)8-9-21-18(24)12-5-2-3-6-13(12)19(21)25/h2-7,10,14H,8-9,11H2,1H3,(H,20,22). The summed E-state index contributed by atoms with van der Waals surface area (Å²) < 4.78 is 4.68. The van der Waals surface area contributed by atoms with Crippen LogP contribution in [0.15, 0.2) is 41.8 Å². The van der Waals surface area contributed by atoms with Gasteiger partial charge >= 0.3 is 5.97 Å². The number of thiophene rings is 1. The molecule has 0 fully saturated rings. The zero-order valence-electron chi connectivity index (χ0n) is 14.6. The highest BCUT2D eigenvalue weighted by Crippen LogP contribution is 2.24. The molecule has 1 aliphatic heterocycles. The fraction of sp³-hybridized carbons (Fsp3) is 0.263. The van der Waals surface area contributed by atoms with Crippen LogP contribution in [0.25, 0.3) is 0 Å². The van der Waals surface area contributed by atoms with Crippen molar-refractivity contribution in [3.05, 3.63) is 57.8 Å². The lowest BCUT2D eigenvalue weighted by atomic mass is 10.1. The molecule has 8 heteroatoms. The summed E-state index contributed by atoms with van der Waals surface area (Å²) in [4.78, 5) is 50.5. The second kappa shape index (κ2) is 8.13. The van der Waals surface area contributed by atoms with Gasteiger partial charge in [0.1, 0.15) is 0 Å². The first-order valence-corrected chi connectivity index (χ1v) is 9.24. The molecule has 0 saturated carbocycles. The maximum Gasteiger partial charge on any atom is 0.307 e. The number of methoxy groups -OCH3 is 1. The van der Waals surface area contributed by atoms with Gasteiger partial charge in [0.05, 0.1) is 30.7 Å². The summed E-state index contributed by atoms with van der Waals surface area (Å²) in [5.41, 5.74) is 0.704. The number of esters is 1. The highest BCUT2D eigenvalue weighted by atomic mass is 32.1. The fourth-order valence-corrected chi connectivity index (χ4v) is 3.66. The predicted molar refractivity (Wildman–Crippen MR) is 98.3 cm³/mol. The van der Waals surface area contributed by atoms with Gasteiger partial charge in [0.25, 0.3) is 11.8 Å². The van der Waals surface area contributed by atoms with Crippen molar-refractivity contribution in [2.75, 3.05) is 13.7 Å². The minimum absolute atomic E-state index is 0.00969. The van der Waals surface area contributed by atoms with E-state index < -0.39 is 23.8 Å². The SMILES string of the molecule is COC(=O)CC(NC(=O)CCN1C(=O)c2ccccc2C1=O)c1cccs1. The lowest BCUT2D eigenvalue weighted by Crippen LogP contribution is -2.36. The summed E-state index contributed by atoms with van der Waals surface area (Å²) in [6, 6.07) is 9.72. The number of imide groups is 1. The van der Waals surface area contributed by atoms with Gasteiger partial charge in [-0.15, -0.1) is 11.3 Å². The van der Waals surface area contributed by atoms with Crippen molar-refractivity contribution in [2.24, 2.45) is 0 Å². The van der Waals surface area contributed by atoms with Crippen LogP contribution in [-0.4, -0.2) is 42.2 Å². The van der Waals surface area contributed by atoms with Crippen LogP contribution >= 0.6 is 11.3 Å². The van der Waals surface area contributed by atoms with Crippen molar-refractivity contribution in [2.45, 2.75) is 18.9 Å². The van der Waals surface area contributed by atoms with E-state index in [4.69, 9.17) is 0 Å². The number of carbonyl (C=O) groups excluding carboxylic acids is 4. The number of benzene rings is 1. The normalized spacial score (nSPS) is 14.0. The van der Waals surface area contributed by atoms with Crippen LogP contribution in [0.1, 0.15) is 44.5 Å². The van der Waals surface area contributed by atoms with E-state index in [2.05, 4.69) is 10.1 Å². The molecule has 1 aromatic heterocycles.